The van der Waals surface area contributed by atoms with E-state index in [1.165, 1.54) is 12.8 Å². The van der Waals surface area contributed by atoms with Crippen LogP contribution in [-0.2, 0) is 9.59 Å². The molecule has 1 N–H and O–H groups in total. The summed E-state index contributed by atoms with van der Waals surface area (Å²) in [5, 5.41) is 3.70. The maximum absolute atomic E-state index is 11.6. The van der Waals surface area contributed by atoms with E-state index in [-0.39, 0.29) is 11.7 Å². The van der Waals surface area contributed by atoms with Crippen molar-refractivity contribution >= 4 is 35.2 Å². The fraction of sp³-hybridized carbons (Fsp3) is 0.867. The number of amides is 1. The highest BCUT2D eigenvalue weighted by Gasteiger charge is 2.26. The van der Waals surface area contributed by atoms with Crippen molar-refractivity contribution in [2.75, 3.05) is 24.3 Å². The second-order valence-corrected chi connectivity index (χ2v) is 7.78. The molecular weight excluding hydrogens is 290 g/mol. The summed E-state index contributed by atoms with van der Waals surface area (Å²) in [5.74, 6) is 3.09. The van der Waals surface area contributed by atoms with Crippen molar-refractivity contribution in [3.8, 4) is 0 Å². The standard InChI is InChI=1S/C15H27NO2S2/c1-12-5-7-14(12)20-11-9-16-15(18)8-6-13(17)4-3-10-19-2/h12,14H,3-11H2,1-2H3,(H,16,18). The van der Waals surface area contributed by atoms with Gasteiger partial charge in [0.1, 0.15) is 5.78 Å². The van der Waals surface area contributed by atoms with Gasteiger partial charge in [-0.2, -0.15) is 23.5 Å². The molecule has 1 aliphatic carbocycles. The quantitative estimate of drug-likeness (QED) is 0.595. The zero-order valence-electron chi connectivity index (χ0n) is 12.7. The average Bonchev–Trinajstić information content (AvgIpc) is 2.43. The van der Waals surface area contributed by atoms with Crippen LogP contribution in [0.4, 0.5) is 0 Å². The lowest BCUT2D eigenvalue weighted by atomic mass is 9.87. The highest BCUT2D eigenvalue weighted by molar-refractivity contribution is 8.00. The summed E-state index contributed by atoms with van der Waals surface area (Å²) in [6, 6.07) is 0. The maximum Gasteiger partial charge on any atom is 0.220 e. The molecule has 0 aromatic rings. The molecule has 0 aromatic heterocycles. The van der Waals surface area contributed by atoms with Crippen LogP contribution in [0.2, 0.25) is 0 Å². The first kappa shape index (κ1) is 17.9. The SMILES string of the molecule is CSCCCC(=O)CCC(=O)NCCSC1CCC1C. The van der Waals surface area contributed by atoms with Crippen molar-refractivity contribution in [1.82, 2.24) is 5.32 Å². The molecular formula is C15H27NO2S2. The Morgan fingerprint density at radius 2 is 1.95 bits per heavy atom. The monoisotopic (exact) mass is 317 g/mol. The molecule has 20 heavy (non-hydrogen) atoms. The van der Waals surface area contributed by atoms with E-state index in [0.717, 1.165) is 35.6 Å². The number of nitrogens with one attached hydrogen (secondary N) is 1. The number of Topliss-reactive ketones (excluding diaryl/α,β-unsaturated/α-hetero) is 1. The van der Waals surface area contributed by atoms with Gasteiger partial charge in [-0.3, -0.25) is 9.59 Å². The molecule has 1 rings (SSSR count). The van der Waals surface area contributed by atoms with Gasteiger partial charge in [0.2, 0.25) is 5.91 Å². The van der Waals surface area contributed by atoms with Crippen molar-refractivity contribution in [3.63, 3.8) is 0 Å². The van der Waals surface area contributed by atoms with Crippen LogP contribution in [0.1, 0.15) is 45.4 Å². The van der Waals surface area contributed by atoms with Crippen molar-refractivity contribution in [1.29, 1.82) is 0 Å². The highest BCUT2D eigenvalue weighted by atomic mass is 32.2. The van der Waals surface area contributed by atoms with E-state index in [1.807, 2.05) is 18.0 Å². The number of hydrogen-bond acceptors (Lipinski definition) is 4. The highest BCUT2D eigenvalue weighted by Crippen LogP contribution is 2.36. The molecule has 3 nitrogen and oxygen atoms in total. The molecule has 0 spiro atoms. The van der Waals surface area contributed by atoms with Gasteiger partial charge < -0.3 is 5.32 Å². The third-order valence-electron chi connectivity index (χ3n) is 3.73. The summed E-state index contributed by atoms with van der Waals surface area (Å²) < 4.78 is 0. The van der Waals surface area contributed by atoms with Crippen LogP contribution in [0.3, 0.4) is 0 Å². The molecule has 0 bridgehead atoms. The number of thioether (sulfide) groups is 2. The molecule has 1 amide bonds. The molecule has 1 aliphatic rings. The summed E-state index contributed by atoms with van der Waals surface area (Å²) in [7, 11) is 0. The van der Waals surface area contributed by atoms with E-state index in [2.05, 4.69) is 12.2 Å². The van der Waals surface area contributed by atoms with Gasteiger partial charge in [0.15, 0.2) is 0 Å². The van der Waals surface area contributed by atoms with Gasteiger partial charge >= 0.3 is 0 Å². The smallest absolute Gasteiger partial charge is 0.220 e. The topological polar surface area (TPSA) is 46.2 Å². The van der Waals surface area contributed by atoms with Crippen molar-refractivity contribution in [3.05, 3.63) is 0 Å². The molecule has 116 valence electrons. The summed E-state index contributed by atoms with van der Waals surface area (Å²) >= 11 is 3.72. The predicted molar refractivity (Wildman–Crippen MR) is 89.5 cm³/mol. The minimum absolute atomic E-state index is 0.0190. The van der Waals surface area contributed by atoms with Gasteiger partial charge in [-0.15, -0.1) is 0 Å². The fourth-order valence-corrected chi connectivity index (χ4v) is 3.89. The van der Waals surface area contributed by atoms with Gasteiger partial charge in [0.05, 0.1) is 0 Å². The third kappa shape index (κ3) is 7.58. The second-order valence-electron chi connectivity index (χ2n) is 5.45. The number of ketones is 1. The summed E-state index contributed by atoms with van der Waals surface area (Å²) in [6.07, 6.45) is 7.00. The Morgan fingerprint density at radius 1 is 1.15 bits per heavy atom. The number of rotatable bonds is 11. The molecule has 2 unspecified atom stereocenters. The molecule has 0 aromatic carbocycles. The fourth-order valence-electron chi connectivity index (χ4n) is 2.16. The number of carbonyl (C=O) groups is 2. The van der Waals surface area contributed by atoms with E-state index in [4.69, 9.17) is 0 Å². The summed E-state index contributed by atoms with van der Waals surface area (Å²) in [4.78, 5) is 23.1. The van der Waals surface area contributed by atoms with E-state index >= 15 is 0 Å². The van der Waals surface area contributed by atoms with Gasteiger partial charge in [-0.25, -0.2) is 0 Å². The molecule has 5 heteroatoms. The first-order chi connectivity index (χ1) is 9.63. The van der Waals surface area contributed by atoms with Crippen LogP contribution in [0.25, 0.3) is 0 Å². The molecule has 2 atom stereocenters. The Morgan fingerprint density at radius 3 is 2.55 bits per heavy atom. The Hall–Kier alpha value is -0.160. The summed E-state index contributed by atoms with van der Waals surface area (Å²) in [6.45, 7) is 3.02. The van der Waals surface area contributed by atoms with Gasteiger partial charge in [0.25, 0.3) is 0 Å². The Labute approximate surface area is 131 Å². The van der Waals surface area contributed by atoms with Gasteiger partial charge in [0, 0.05) is 36.8 Å². The molecule has 0 heterocycles. The number of hydrogen-bond donors (Lipinski definition) is 1. The van der Waals surface area contributed by atoms with Crippen LogP contribution in [0, 0.1) is 5.92 Å². The first-order valence-electron chi connectivity index (χ1n) is 7.52. The maximum atomic E-state index is 11.6. The van der Waals surface area contributed by atoms with Crippen molar-refractivity contribution in [2.24, 2.45) is 5.92 Å². The van der Waals surface area contributed by atoms with Crippen molar-refractivity contribution < 1.29 is 9.59 Å². The Bertz CT molecular complexity index is 310. The van der Waals surface area contributed by atoms with Crippen molar-refractivity contribution in [2.45, 2.75) is 50.7 Å². The lowest BCUT2D eigenvalue weighted by Gasteiger charge is -2.33. The predicted octanol–water partition coefficient (Wildman–Crippen LogP) is 3.13. The van der Waals surface area contributed by atoms with Gasteiger partial charge in [-0.1, -0.05) is 6.92 Å². The van der Waals surface area contributed by atoms with Crippen LogP contribution in [0.15, 0.2) is 0 Å². The molecule has 1 saturated carbocycles. The lowest BCUT2D eigenvalue weighted by Crippen LogP contribution is -2.29. The van der Waals surface area contributed by atoms with E-state index in [0.29, 0.717) is 19.3 Å². The zero-order valence-corrected chi connectivity index (χ0v) is 14.3. The van der Waals surface area contributed by atoms with E-state index < -0.39 is 0 Å². The molecule has 1 fully saturated rings. The largest absolute Gasteiger partial charge is 0.355 e. The van der Waals surface area contributed by atoms with Crippen LogP contribution < -0.4 is 5.32 Å². The van der Waals surface area contributed by atoms with Gasteiger partial charge in [-0.05, 0) is 37.2 Å². The normalized spacial score (nSPS) is 21.3. The number of carbonyl (C=O) groups excluding carboxylic acids is 2. The van der Waals surface area contributed by atoms with Crippen LogP contribution in [0.5, 0.6) is 0 Å². The third-order valence-corrected chi connectivity index (χ3v) is 6.00. The van der Waals surface area contributed by atoms with E-state index in [1.54, 1.807) is 11.8 Å². The van der Waals surface area contributed by atoms with E-state index in [9.17, 15) is 9.59 Å². The van der Waals surface area contributed by atoms with Crippen LogP contribution >= 0.6 is 23.5 Å². The van der Waals surface area contributed by atoms with Crippen LogP contribution in [-0.4, -0.2) is 41.2 Å². The summed E-state index contributed by atoms with van der Waals surface area (Å²) in [5.41, 5.74) is 0. The lowest BCUT2D eigenvalue weighted by molar-refractivity contribution is -0.125. The minimum Gasteiger partial charge on any atom is -0.355 e. The Balaban J connectivity index is 1.93. The average molecular weight is 318 g/mol. The molecule has 0 radical (unpaired) electrons. The second kappa shape index (κ2) is 10.6. The molecule has 0 aliphatic heterocycles. The first-order valence-corrected chi connectivity index (χ1v) is 9.96. The Kier molecular flexibility index (Phi) is 9.44. The minimum atomic E-state index is 0.0190. The zero-order chi connectivity index (χ0) is 14.8. The molecule has 0 saturated heterocycles.